The molecule has 32 heavy (non-hydrogen) atoms. The van der Waals surface area contributed by atoms with Gasteiger partial charge in [-0.2, -0.15) is 13.2 Å². The zero-order valence-corrected chi connectivity index (χ0v) is 18.0. The Kier molecular flexibility index (Phi) is 7.35. The van der Waals surface area contributed by atoms with Crippen LogP contribution in [0, 0.1) is 0 Å². The summed E-state index contributed by atoms with van der Waals surface area (Å²) in [6.45, 7) is 1.95. The van der Waals surface area contributed by atoms with Crippen LogP contribution in [0.5, 0.6) is 11.6 Å². The van der Waals surface area contributed by atoms with E-state index in [1.54, 1.807) is 24.4 Å². The van der Waals surface area contributed by atoms with Crippen LogP contribution in [-0.4, -0.2) is 15.9 Å². The lowest BCUT2D eigenvalue weighted by Gasteiger charge is -2.15. The number of nitrogens with zero attached hydrogens (tertiary/aromatic N) is 2. The van der Waals surface area contributed by atoms with Crippen LogP contribution in [0.4, 0.5) is 13.2 Å². The van der Waals surface area contributed by atoms with Crippen LogP contribution in [0.15, 0.2) is 48.8 Å². The number of pyridine rings is 2. The van der Waals surface area contributed by atoms with Gasteiger partial charge in [-0.05, 0) is 54.7 Å². The van der Waals surface area contributed by atoms with Crippen molar-refractivity contribution in [2.24, 2.45) is 5.73 Å². The number of alkyl halides is 3. The first-order chi connectivity index (χ1) is 15.2. The maximum Gasteiger partial charge on any atom is 0.417 e. The van der Waals surface area contributed by atoms with Crippen LogP contribution >= 0.6 is 11.6 Å². The second-order valence-corrected chi connectivity index (χ2v) is 7.47. The molecule has 0 spiro atoms. The first kappa shape index (κ1) is 23.5. The van der Waals surface area contributed by atoms with Crippen LogP contribution in [0.25, 0.3) is 11.1 Å². The molecule has 0 aliphatic carbocycles. The molecule has 3 aromatic rings. The summed E-state index contributed by atoms with van der Waals surface area (Å²) in [5.74, 6) is 0.0347. The fraction of sp³-hybridized carbons (Fsp3) is 0.261. The quantitative estimate of drug-likeness (QED) is 0.446. The van der Waals surface area contributed by atoms with Crippen molar-refractivity contribution < 1.29 is 22.7 Å². The number of primary amides is 1. The molecule has 9 heteroatoms. The average molecular weight is 464 g/mol. The van der Waals surface area contributed by atoms with Crippen LogP contribution < -0.4 is 10.5 Å². The predicted molar refractivity (Wildman–Crippen MR) is 116 cm³/mol. The Labute approximate surface area is 188 Å². The molecule has 0 aliphatic heterocycles. The fourth-order valence-electron chi connectivity index (χ4n) is 3.21. The van der Waals surface area contributed by atoms with Gasteiger partial charge in [-0.15, -0.1) is 0 Å². The van der Waals surface area contributed by atoms with Crippen molar-refractivity contribution in [3.8, 4) is 22.8 Å². The highest BCUT2D eigenvalue weighted by Crippen LogP contribution is 2.36. The second kappa shape index (κ2) is 9.99. The van der Waals surface area contributed by atoms with E-state index in [4.69, 9.17) is 22.1 Å². The summed E-state index contributed by atoms with van der Waals surface area (Å²) in [5.41, 5.74) is 7.59. The third-order valence-corrected chi connectivity index (χ3v) is 5.24. The summed E-state index contributed by atoms with van der Waals surface area (Å²) in [6.07, 6.45) is -0.0451. The van der Waals surface area contributed by atoms with Gasteiger partial charge in [0.2, 0.25) is 11.8 Å². The van der Waals surface area contributed by atoms with E-state index in [1.165, 1.54) is 0 Å². The van der Waals surface area contributed by atoms with Crippen molar-refractivity contribution >= 4 is 17.5 Å². The van der Waals surface area contributed by atoms with Crippen molar-refractivity contribution in [3.05, 3.63) is 70.6 Å². The van der Waals surface area contributed by atoms with Gasteiger partial charge in [-0.25, -0.2) is 4.98 Å². The van der Waals surface area contributed by atoms with Gasteiger partial charge in [0.05, 0.1) is 16.3 Å². The van der Waals surface area contributed by atoms with Crippen molar-refractivity contribution in [3.63, 3.8) is 0 Å². The molecule has 0 atom stereocenters. The summed E-state index contributed by atoms with van der Waals surface area (Å²) in [6, 6.07) is 9.14. The molecule has 0 saturated heterocycles. The Hall–Kier alpha value is -3.13. The highest BCUT2D eigenvalue weighted by atomic mass is 35.5. The monoisotopic (exact) mass is 463 g/mol. The number of halogens is 4. The Morgan fingerprint density at radius 1 is 1.12 bits per heavy atom. The van der Waals surface area contributed by atoms with Crippen LogP contribution in [-0.2, 0) is 23.8 Å². The standard InChI is InChI=1S/C23H21ClF3N3O2/c1-2-19-22(24)17(10-11-29-19)18-12-16(8-6-14(18)4-3-5-20(28)31)32-21-9-7-15(13-30-21)23(25,26)27/h6-13H,2-5H2,1H3,(H2,28,31). The molecule has 0 radical (unpaired) electrons. The zero-order valence-electron chi connectivity index (χ0n) is 17.2. The summed E-state index contributed by atoms with van der Waals surface area (Å²) in [7, 11) is 0. The highest BCUT2D eigenvalue weighted by molar-refractivity contribution is 6.34. The predicted octanol–water partition coefficient (Wildman–Crippen LogP) is 5.98. The van der Waals surface area contributed by atoms with Gasteiger partial charge in [0.15, 0.2) is 0 Å². The van der Waals surface area contributed by atoms with Gasteiger partial charge >= 0.3 is 6.18 Å². The first-order valence-corrected chi connectivity index (χ1v) is 10.3. The SMILES string of the molecule is CCc1nccc(-c2cc(Oc3ccc(C(F)(F)F)cn3)ccc2CCCC(N)=O)c1Cl. The van der Waals surface area contributed by atoms with Crippen LogP contribution in [0.1, 0.15) is 36.6 Å². The van der Waals surface area contributed by atoms with E-state index >= 15 is 0 Å². The molecule has 0 fully saturated rings. The summed E-state index contributed by atoms with van der Waals surface area (Å²) in [5, 5.41) is 0.510. The molecule has 2 N–H and O–H groups in total. The van der Waals surface area contributed by atoms with Crippen LogP contribution in [0.2, 0.25) is 5.02 Å². The third kappa shape index (κ3) is 5.76. The number of carbonyl (C=O) groups excluding carboxylic acids is 1. The lowest BCUT2D eigenvalue weighted by atomic mass is 9.95. The van der Waals surface area contributed by atoms with Crippen molar-refractivity contribution in [1.29, 1.82) is 0 Å². The Morgan fingerprint density at radius 2 is 1.91 bits per heavy atom. The molecule has 168 valence electrons. The van der Waals surface area contributed by atoms with Gasteiger partial charge in [0, 0.05) is 30.4 Å². The molecule has 3 rings (SSSR count). The normalized spacial score (nSPS) is 11.4. The van der Waals surface area contributed by atoms with E-state index < -0.39 is 11.7 Å². The van der Waals surface area contributed by atoms with E-state index in [9.17, 15) is 18.0 Å². The van der Waals surface area contributed by atoms with Gasteiger partial charge in [-0.1, -0.05) is 24.6 Å². The number of aromatic nitrogens is 2. The molecule has 0 bridgehead atoms. The second-order valence-electron chi connectivity index (χ2n) is 7.10. The molecule has 1 amide bonds. The number of carbonyl (C=O) groups is 1. The number of nitrogens with two attached hydrogens (primary N) is 1. The minimum Gasteiger partial charge on any atom is -0.439 e. The number of benzene rings is 1. The first-order valence-electron chi connectivity index (χ1n) is 9.95. The molecule has 1 aromatic carbocycles. The minimum absolute atomic E-state index is 0.0282. The average Bonchev–Trinajstić information content (AvgIpc) is 2.74. The molecule has 2 aromatic heterocycles. The van der Waals surface area contributed by atoms with Gasteiger partial charge < -0.3 is 10.5 Å². The maximum atomic E-state index is 12.8. The summed E-state index contributed by atoms with van der Waals surface area (Å²) >= 11 is 6.58. The number of hydrogen-bond acceptors (Lipinski definition) is 4. The Balaban J connectivity index is 1.95. The maximum absolute atomic E-state index is 12.8. The topological polar surface area (TPSA) is 78.1 Å². The Bertz CT molecular complexity index is 1100. The van der Waals surface area contributed by atoms with E-state index in [0.717, 1.165) is 40.7 Å². The number of hydrogen-bond donors (Lipinski definition) is 1. The smallest absolute Gasteiger partial charge is 0.417 e. The molecule has 5 nitrogen and oxygen atoms in total. The summed E-state index contributed by atoms with van der Waals surface area (Å²) < 4.78 is 44.0. The summed E-state index contributed by atoms with van der Waals surface area (Å²) in [4.78, 5) is 19.2. The van der Waals surface area contributed by atoms with Gasteiger partial charge in [-0.3, -0.25) is 9.78 Å². The molecule has 0 aliphatic rings. The van der Waals surface area contributed by atoms with E-state index in [0.29, 0.717) is 30.0 Å². The number of amides is 1. The van der Waals surface area contributed by atoms with E-state index in [-0.39, 0.29) is 18.2 Å². The zero-order chi connectivity index (χ0) is 23.3. The minimum atomic E-state index is -4.47. The number of ether oxygens (including phenoxy) is 1. The number of rotatable bonds is 8. The van der Waals surface area contributed by atoms with Crippen molar-refractivity contribution in [1.82, 2.24) is 9.97 Å². The number of aryl methyl sites for hydroxylation is 2. The molecule has 0 saturated carbocycles. The van der Waals surface area contributed by atoms with Gasteiger partial charge in [0.25, 0.3) is 0 Å². The third-order valence-electron chi connectivity index (χ3n) is 4.82. The Morgan fingerprint density at radius 3 is 2.53 bits per heavy atom. The van der Waals surface area contributed by atoms with Gasteiger partial charge in [0.1, 0.15) is 5.75 Å². The molecule has 0 unspecified atom stereocenters. The lowest BCUT2D eigenvalue weighted by Crippen LogP contribution is -2.10. The highest BCUT2D eigenvalue weighted by Gasteiger charge is 2.30. The van der Waals surface area contributed by atoms with Crippen molar-refractivity contribution in [2.45, 2.75) is 38.8 Å². The van der Waals surface area contributed by atoms with Crippen LogP contribution in [0.3, 0.4) is 0 Å². The fourth-order valence-corrected chi connectivity index (χ4v) is 3.56. The largest absolute Gasteiger partial charge is 0.439 e. The van der Waals surface area contributed by atoms with E-state index in [1.807, 2.05) is 13.0 Å². The van der Waals surface area contributed by atoms with Crippen molar-refractivity contribution in [2.75, 3.05) is 0 Å². The molecular weight excluding hydrogens is 443 g/mol. The molecular formula is C23H21ClF3N3O2. The lowest BCUT2D eigenvalue weighted by molar-refractivity contribution is -0.137. The van der Waals surface area contributed by atoms with E-state index in [2.05, 4.69) is 9.97 Å². The molecule has 2 heterocycles.